The van der Waals surface area contributed by atoms with Crippen LogP contribution in [0.5, 0.6) is 5.75 Å². The number of benzene rings is 1. The summed E-state index contributed by atoms with van der Waals surface area (Å²) in [6.07, 6.45) is 1.64. The summed E-state index contributed by atoms with van der Waals surface area (Å²) in [5.41, 5.74) is 2.93. The van der Waals surface area contributed by atoms with Gasteiger partial charge in [0.05, 0.1) is 12.7 Å². The summed E-state index contributed by atoms with van der Waals surface area (Å²) in [6.45, 7) is 5.14. The van der Waals surface area contributed by atoms with Crippen LogP contribution < -0.4 is 15.3 Å². The Morgan fingerprint density at radius 2 is 1.86 bits per heavy atom. The first-order valence-corrected chi connectivity index (χ1v) is 8.05. The van der Waals surface area contributed by atoms with Crippen LogP contribution in [0.2, 0.25) is 0 Å². The van der Waals surface area contributed by atoms with Crippen LogP contribution in [0.4, 0.5) is 0 Å². The molecular weight excluding hydrogens is 304 g/mol. The second kappa shape index (κ2) is 5.58. The third-order valence-corrected chi connectivity index (χ3v) is 4.75. The topological polar surface area (TPSA) is 93.5 Å². The molecule has 2 rings (SSSR count). The number of ether oxygens (including phenoxy) is 1. The zero-order valence-electron chi connectivity index (χ0n) is 12.9. The van der Waals surface area contributed by atoms with Crippen molar-refractivity contribution in [2.45, 2.75) is 25.7 Å². The highest BCUT2D eigenvalue weighted by Gasteiger charge is 2.27. The predicted octanol–water partition coefficient (Wildman–Crippen LogP) is 1.54. The van der Waals surface area contributed by atoms with Crippen LogP contribution in [0.15, 0.2) is 29.3 Å². The molecule has 0 saturated heterocycles. The molecule has 0 unspecified atom stereocenters. The molecule has 0 bridgehead atoms. The van der Waals surface area contributed by atoms with E-state index in [4.69, 9.17) is 10.6 Å². The van der Waals surface area contributed by atoms with Gasteiger partial charge in [-0.25, -0.2) is 5.84 Å². The molecule has 0 amide bonds. The minimum absolute atomic E-state index is 0.0981. The van der Waals surface area contributed by atoms with Crippen molar-refractivity contribution in [3.8, 4) is 17.0 Å². The van der Waals surface area contributed by atoms with Gasteiger partial charge in [-0.3, -0.25) is 4.55 Å². The van der Waals surface area contributed by atoms with Crippen LogP contribution >= 0.6 is 0 Å². The Balaban J connectivity index is 2.95. The monoisotopic (exact) mass is 323 g/mol. The summed E-state index contributed by atoms with van der Waals surface area (Å²) >= 11 is 0. The first kappa shape index (κ1) is 16.3. The molecule has 0 aliphatic heterocycles. The third kappa shape index (κ3) is 2.65. The minimum atomic E-state index is -4.33. The van der Waals surface area contributed by atoms with Crippen LogP contribution in [0.1, 0.15) is 16.7 Å². The van der Waals surface area contributed by atoms with E-state index in [0.29, 0.717) is 28.1 Å². The Hall–Kier alpha value is -2.12. The average Bonchev–Trinajstić information content (AvgIpc) is 2.38. The zero-order chi connectivity index (χ0) is 16.7. The molecule has 0 aliphatic rings. The molecule has 1 aromatic carbocycles. The molecule has 1 heterocycles. The summed E-state index contributed by atoms with van der Waals surface area (Å²) in [7, 11) is -2.82. The maximum atomic E-state index is 11.7. The third-order valence-electron chi connectivity index (χ3n) is 3.60. The number of methoxy groups -OCH3 is 1. The Labute approximate surface area is 129 Å². The van der Waals surface area contributed by atoms with E-state index in [1.54, 1.807) is 38.2 Å². The maximum absolute atomic E-state index is 11.7. The minimum Gasteiger partial charge on any atom is -0.490 e. The van der Waals surface area contributed by atoms with Crippen LogP contribution in [0, 0.1) is 20.8 Å². The van der Waals surface area contributed by atoms with Crippen molar-refractivity contribution < 1.29 is 22.4 Å². The van der Waals surface area contributed by atoms with Crippen LogP contribution in [0.3, 0.4) is 0 Å². The molecule has 2 aromatic rings. The number of pyridine rings is 1. The van der Waals surface area contributed by atoms with Gasteiger partial charge in [-0.05, 0) is 43.5 Å². The number of hydrogen-bond acceptors (Lipinski definition) is 4. The molecule has 6 nitrogen and oxygen atoms in total. The molecule has 0 fully saturated rings. The average molecular weight is 323 g/mol. The molecule has 1 aromatic heterocycles. The summed E-state index contributed by atoms with van der Waals surface area (Å²) in [5, 5.41) is 0. The number of nitrogens with zero attached hydrogens (tertiary/aromatic N) is 1. The summed E-state index contributed by atoms with van der Waals surface area (Å²) in [4.78, 5) is -0.0981. The van der Waals surface area contributed by atoms with Crippen LogP contribution in [0.25, 0.3) is 11.3 Å². The number of nitrogen functional groups attached to an aromatic ring is 1. The number of aromatic nitrogens is 1. The molecule has 0 atom stereocenters. The van der Waals surface area contributed by atoms with Gasteiger partial charge < -0.3 is 4.74 Å². The first-order chi connectivity index (χ1) is 10.2. The lowest BCUT2D eigenvalue weighted by molar-refractivity contribution is -0.627. The van der Waals surface area contributed by atoms with E-state index in [9.17, 15) is 13.0 Å². The normalized spacial score (nSPS) is 11.5. The zero-order valence-corrected chi connectivity index (χ0v) is 13.7. The summed E-state index contributed by atoms with van der Waals surface area (Å²) < 4.78 is 39.6. The molecule has 0 aliphatic carbocycles. The second-order valence-electron chi connectivity index (χ2n) is 5.15. The van der Waals surface area contributed by atoms with Crippen molar-refractivity contribution in [1.29, 1.82) is 0 Å². The smallest absolute Gasteiger partial charge is 0.295 e. The van der Waals surface area contributed by atoms with E-state index >= 15 is 0 Å². The largest absolute Gasteiger partial charge is 0.490 e. The van der Waals surface area contributed by atoms with E-state index < -0.39 is 10.1 Å². The lowest BCUT2D eigenvalue weighted by Crippen LogP contribution is -2.46. The standard InChI is InChI=1S/C15H18N2O4S/c1-9-8-10(2)15(22(18,19)20)11(3)13(9)14-12(21-4)6-5-7-17(14)16/h5-8H,16H2,1-4H3/p+1. The Morgan fingerprint density at radius 1 is 1.23 bits per heavy atom. The van der Waals surface area contributed by atoms with Crippen molar-refractivity contribution in [1.82, 2.24) is 0 Å². The van der Waals surface area contributed by atoms with Crippen LogP contribution in [-0.2, 0) is 10.1 Å². The van der Waals surface area contributed by atoms with Gasteiger partial charge in [0.15, 0.2) is 11.9 Å². The summed E-state index contributed by atoms with van der Waals surface area (Å²) in [6, 6.07) is 5.17. The fraction of sp³-hybridized carbons (Fsp3) is 0.267. The van der Waals surface area contributed by atoms with E-state index in [1.165, 1.54) is 11.8 Å². The Morgan fingerprint density at radius 3 is 2.41 bits per heavy atom. The predicted molar refractivity (Wildman–Crippen MR) is 82.8 cm³/mol. The molecular formula is C15H19N2O4S+. The molecule has 22 heavy (non-hydrogen) atoms. The maximum Gasteiger partial charge on any atom is 0.295 e. The van der Waals surface area contributed by atoms with Gasteiger partial charge in [-0.15, -0.1) is 0 Å². The van der Waals surface area contributed by atoms with E-state index in [1.807, 2.05) is 6.92 Å². The van der Waals surface area contributed by atoms with Gasteiger partial charge in [-0.2, -0.15) is 8.42 Å². The van der Waals surface area contributed by atoms with Gasteiger partial charge in [0.1, 0.15) is 4.90 Å². The molecule has 0 saturated carbocycles. The quantitative estimate of drug-likeness (QED) is 0.508. The first-order valence-electron chi connectivity index (χ1n) is 6.61. The van der Waals surface area contributed by atoms with E-state index in [-0.39, 0.29) is 4.90 Å². The van der Waals surface area contributed by atoms with Crippen molar-refractivity contribution in [2.75, 3.05) is 13.0 Å². The van der Waals surface area contributed by atoms with Gasteiger partial charge in [0.2, 0.25) is 0 Å². The Bertz CT molecular complexity index is 845. The van der Waals surface area contributed by atoms with Gasteiger partial charge in [0.25, 0.3) is 15.8 Å². The molecule has 7 heteroatoms. The Kier molecular flexibility index (Phi) is 4.12. The molecule has 0 spiro atoms. The van der Waals surface area contributed by atoms with Gasteiger partial charge >= 0.3 is 0 Å². The van der Waals surface area contributed by atoms with E-state index in [0.717, 1.165) is 5.56 Å². The van der Waals surface area contributed by atoms with Crippen LogP contribution in [-0.4, -0.2) is 20.1 Å². The van der Waals surface area contributed by atoms with Crippen molar-refractivity contribution in [2.24, 2.45) is 0 Å². The highest BCUT2D eigenvalue weighted by molar-refractivity contribution is 7.86. The summed E-state index contributed by atoms with van der Waals surface area (Å²) in [5.74, 6) is 6.50. The van der Waals surface area contributed by atoms with Crippen molar-refractivity contribution in [3.05, 3.63) is 41.1 Å². The van der Waals surface area contributed by atoms with Gasteiger partial charge in [-0.1, -0.05) is 10.7 Å². The van der Waals surface area contributed by atoms with Crippen molar-refractivity contribution in [3.63, 3.8) is 0 Å². The number of rotatable bonds is 3. The lowest BCUT2D eigenvalue weighted by Gasteiger charge is -2.15. The fourth-order valence-corrected chi connectivity index (χ4v) is 3.80. The lowest BCUT2D eigenvalue weighted by atomic mass is 9.96. The van der Waals surface area contributed by atoms with E-state index in [2.05, 4.69) is 0 Å². The number of nitrogens with two attached hydrogens (primary N) is 1. The SMILES string of the molecule is COc1ccc[n+](N)c1-c1c(C)cc(C)c(S(=O)(=O)O)c1C. The molecule has 0 radical (unpaired) electrons. The molecule has 3 N–H and O–H groups in total. The fourth-order valence-electron chi connectivity index (χ4n) is 2.85. The second-order valence-corrected chi connectivity index (χ2v) is 6.51. The number of aryl methyl sites for hydroxylation is 2. The number of hydrogen-bond donors (Lipinski definition) is 2. The van der Waals surface area contributed by atoms with Gasteiger partial charge in [0, 0.05) is 6.07 Å². The highest BCUT2D eigenvalue weighted by Crippen LogP contribution is 2.35. The van der Waals surface area contributed by atoms with Crippen molar-refractivity contribution >= 4 is 10.1 Å². The molecule has 118 valence electrons. The highest BCUT2D eigenvalue weighted by atomic mass is 32.2.